The van der Waals surface area contributed by atoms with Crippen LogP contribution in [0.1, 0.15) is 239 Å². The van der Waals surface area contributed by atoms with Crippen LogP contribution in [0.15, 0.2) is 134 Å². The molecular formula is C65H104O6. The number of hydrogen-bond donors (Lipinski definition) is 0. The van der Waals surface area contributed by atoms with E-state index in [9.17, 15) is 14.4 Å². The fourth-order valence-electron chi connectivity index (χ4n) is 7.33. The summed E-state index contributed by atoms with van der Waals surface area (Å²) in [7, 11) is 0. The number of ether oxygens (including phenoxy) is 3. The van der Waals surface area contributed by atoms with Crippen LogP contribution in [0.4, 0.5) is 0 Å². The second-order valence-corrected chi connectivity index (χ2v) is 18.5. The Kier molecular flexibility index (Phi) is 54.5. The number of unbranched alkanes of at least 4 members (excludes halogenated alkanes) is 17. The molecule has 400 valence electrons. The highest BCUT2D eigenvalue weighted by molar-refractivity contribution is 5.71. The second-order valence-electron chi connectivity index (χ2n) is 18.5. The Morgan fingerprint density at radius 3 is 0.972 bits per heavy atom. The molecule has 0 aliphatic carbocycles. The zero-order valence-electron chi connectivity index (χ0n) is 45.7. The molecule has 0 saturated heterocycles. The molecule has 1 atom stereocenters. The summed E-state index contributed by atoms with van der Waals surface area (Å²) in [6.45, 7) is 6.36. The first-order valence-corrected chi connectivity index (χ1v) is 28.7. The van der Waals surface area contributed by atoms with Crippen molar-refractivity contribution >= 4 is 17.9 Å². The third-order valence-corrected chi connectivity index (χ3v) is 11.6. The summed E-state index contributed by atoms with van der Waals surface area (Å²) in [5.41, 5.74) is 0. The highest BCUT2D eigenvalue weighted by atomic mass is 16.6. The Labute approximate surface area is 436 Å². The molecule has 0 radical (unpaired) electrons. The molecule has 0 heterocycles. The Bertz CT molecular complexity index is 1550. The number of carbonyl (C=O) groups excluding carboxylic acids is 3. The smallest absolute Gasteiger partial charge is 0.306 e. The maximum Gasteiger partial charge on any atom is 0.306 e. The van der Waals surface area contributed by atoms with E-state index in [0.717, 1.165) is 89.9 Å². The molecule has 0 bridgehead atoms. The number of allylic oxidation sites excluding steroid dienone is 22. The number of hydrogen-bond acceptors (Lipinski definition) is 6. The van der Waals surface area contributed by atoms with Gasteiger partial charge in [0.1, 0.15) is 13.2 Å². The van der Waals surface area contributed by atoms with Gasteiger partial charge in [-0.3, -0.25) is 14.4 Å². The third-order valence-electron chi connectivity index (χ3n) is 11.6. The van der Waals surface area contributed by atoms with E-state index >= 15 is 0 Å². The molecule has 0 aromatic heterocycles. The molecule has 0 saturated carbocycles. The van der Waals surface area contributed by atoms with Gasteiger partial charge in [-0.15, -0.1) is 0 Å². The average molecular weight is 982 g/mol. The number of carbonyl (C=O) groups is 3. The number of esters is 3. The van der Waals surface area contributed by atoms with Gasteiger partial charge in [-0.05, 0) is 128 Å². The van der Waals surface area contributed by atoms with Gasteiger partial charge in [0.15, 0.2) is 6.10 Å². The molecule has 0 aliphatic rings. The van der Waals surface area contributed by atoms with Crippen molar-refractivity contribution in [3.8, 4) is 0 Å². The molecule has 6 heteroatoms. The summed E-state index contributed by atoms with van der Waals surface area (Å²) in [5.74, 6) is -1.06. The van der Waals surface area contributed by atoms with E-state index in [0.29, 0.717) is 19.3 Å². The average Bonchev–Trinajstić information content (AvgIpc) is 3.37. The standard InChI is InChI=1S/C65H104O6/c1-4-7-10-13-16-19-22-25-28-30-32-34-37-39-42-45-48-51-54-57-63(66)69-60-62(71-65(68)59-56-53-50-47-44-41-36-27-24-21-18-15-12-9-6-3)61-70-64(67)58-55-52-49-46-43-40-38-35-33-31-29-26-23-20-17-14-11-8-5-2/h9,12,16-21,25-29,32,34,36,39,42,44,47-48,51,62H,4-8,10-11,13-15,22-24,30-31,33,35,37-38,40-41,43,45-46,49-50,52-61H2,1-3H3/b12-9-,19-16-,20-17-,21-18-,28-25-,29-26-,34-32-,36-27-,42-39-,47-44-,51-48-/t62-/m1/s1. The van der Waals surface area contributed by atoms with Gasteiger partial charge in [0.2, 0.25) is 0 Å². The first kappa shape index (κ1) is 66.6. The number of rotatable bonds is 50. The van der Waals surface area contributed by atoms with Gasteiger partial charge in [0.25, 0.3) is 0 Å². The summed E-state index contributed by atoms with van der Waals surface area (Å²) < 4.78 is 16.7. The minimum atomic E-state index is -0.837. The lowest BCUT2D eigenvalue weighted by Gasteiger charge is -2.18. The molecule has 0 N–H and O–H groups in total. The highest BCUT2D eigenvalue weighted by Crippen LogP contribution is 2.13. The molecule has 0 spiro atoms. The molecule has 71 heavy (non-hydrogen) atoms. The molecule has 0 rings (SSSR count). The van der Waals surface area contributed by atoms with Crippen LogP contribution in [-0.4, -0.2) is 37.2 Å². The lowest BCUT2D eigenvalue weighted by atomic mass is 10.1. The van der Waals surface area contributed by atoms with Crippen LogP contribution < -0.4 is 0 Å². The van der Waals surface area contributed by atoms with E-state index in [1.807, 2.05) is 6.08 Å². The van der Waals surface area contributed by atoms with Gasteiger partial charge in [-0.1, -0.05) is 225 Å². The van der Waals surface area contributed by atoms with Crippen LogP contribution in [0.25, 0.3) is 0 Å². The summed E-state index contributed by atoms with van der Waals surface area (Å²) in [6, 6.07) is 0. The maximum absolute atomic E-state index is 12.8. The topological polar surface area (TPSA) is 78.9 Å². The van der Waals surface area contributed by atoms with Gasteiger partial charge in [-0.25, -0.2) is 0 Å². The Hall–Kier alpha value is -4.45. The summed E-state index contributed by atoms with van der Waals surface area (Å²) in [4.78, 5) is 38.1. The van der Waals surface area contributed by atoms with E-state index in [-0.39, 0.29) is 44.0 Å². The highest BCUT2D eigenvalue weighted by Gasteiger charge is 2.19. The van der Waals surface area contributed by atoms with Crippen molar-refractivity contribution in [1.29, 1.82) is 0 Å². The first-order chi connectivity index (χ1) is 35.0. The first-order valence-electron chi connectivity index (χ1n) is 28.7. The minimum absolute atomic E-state index is 0.124. The quantitative estimate of drug-likeness (QED) is 0.0262. The summed E-state index contributed by atoms with van der Waals surface area (Å²) in [6.07, 6.45) is 81.7. The molecule has 0 aromatic rings. The van der Waals surface area contributed by atoms with Crippen molar-refractivity contribution in [3.05, 3.63) is 134 Å². The summed E-state index contributed by atoms with van der Waals surface area (Å²) in [5, 5.41) is 0. The molecule has 0 aliphatic heterocycles. The maximum atomic E-state index is 12.8. The second kappa shape index (κ2) is 58.1. The predicted octanol–water partition coefficient (Wildman–Crippen LogP) is 19.4. The van der Waals surface area contributed by atoms with Crippen molar-refractivity contribution in [1.82, 2.24) is 0 Å². The van der Waals surface area contributed by atoms with Gasteiger partial charge < -0.3 is 14.2 Å². The van der Waals surface area contributed by atoms with E-state index in [4.69, 9.17) is 14.2 Å². The van der Waals surface area contributed by atoms with Crippen LogP contribution in [0.5, 0.6) is 0 Å². The minimum Gasteiger partial charge on any atom is -0.462 e. The van der Waals surface area contributed by atoms with Crippen molar-refractivity contribution in [3.63, 3.8) is 0 Å². The Morgan fingerprint density at radius 2 is 0.577 bits per heavy atom. The molecule has 0 aromatic carbocycles. The van der Waals surface area contributed by atoms with Crippen molar-refractivity contribution in [2.24, 2.45) is 0 Å². The Balaban J connectivity index is 4.56. The zero-order valence-corrected chi connectivity index (χ0v) is 45.7. The lowest BCUT2D eigenvalue weighted by molar-refractivity contribution is -0.166. The van der Waals surface area contributed by atoms with Crippen molar-refractivity contribution in [2.45, 2.75) is 245 Å². The van der Waals surface area contributed by atoms with Gasteiger partial charge in [-0.2, -0.15) is 0 Å². The molecule has 0 fully saturated rings. The van der Waals surface area contributed by atoms with Gasteiger partial charge in [0.05, 0.1) is 0 Å². The van der Waals surface area contributed by atoms with E-state index in [1.54, 1.807) is 0 Å². The summed E-state index contributed by atoms with van der Waals surface area (Å²) >= 11 is 0. The fraction of sp³-hybridized carbons (Fsp3) is 0.615. The largest absolute Gasteiger partial charge is 0.462 e. The van der Waals surface area contributed by atoms with Crippen LogP contribution >= 0.6 is 0 Å². The fourth-order valence-corrected chi connectivity index (χ4v) is 7.33. The molecule has 0 amide bonds. The predicted molar refractivity (Wildman–Crippen MR) is 306 cm³/mol. The van der Waals surface area contributed by atoms with Crippen molar-refractivity contribution < 1.29 is 28.6 Å². The lowest BCUT2D eigenvalue weighted by Crippen LogP contribution is -2.30. The zero-order chi connectivity index (χ0) is 51.4. The van der Waals surface area contributed by atoms with Crippen LogP contribution in [0.3, 0.4) is 0 Å². The molecular weight excluding hydrogens is 877 g/mol. The van der Waals surface area contributed by atoms with Crippen molar-refractivity contribution in [2.75, 3.05) is 13.2 Å². The SMILES string of the molecule is CC/C=C\C/C=C\C/C=C\C/C=C\CCCCC(=O)O[C@H](COC(=O)CC/C=C\C/C=C\C/C=C\C/C=C\C/C=C\CCCCC)COC(=O)CCCCCCCCCCC/C=C\C/C=C\CCCCC. The monoisotopic (exact) mass is 981 g/mol. The molecule has 6 nitrogen and oxygen atoms in total. The van der Waals surface area contributed by atoms with Crippen LogP contribution in [0, 0.1) is 0 Å². The Morgan fingerprint density at radius 1 is 0.296 bits per heavy atom. The van der Waals surface area contributed by atoms with Gasteiger partial charge >= 0.3 is 17.9 Å². The van der Waals surface area contributed by atoms with Gasteiger partial charge in [0, 0.05) is 19.3 Å². The molecule has 0 unspecified atom stereocenters. The van der Waals surface area contributed by atoms with Crippen LogP contribution in [-0.2, 0) is 28.6 Å². The van der Waals surface area contributed by atoms with E-state index in [1.165, 1.54) is 96.3 Å². The van der Waals surface area contributed by atoms with E-state index in [2.05, 4.69) is 148 Å². The van der Waals surface area contributed by atoms with Crippen LogP contribution in [0.2, 0.25) is 0 Å². The van der Waals surface area contributed by atoms with E-state index < -0.39 is 6.10 Å². The third kappa shape index (κ3) is 56.3. The normalized spacial score (nSPS) is 13.1.